The van der Waals surface area contributed by atoms with Crippen LogP contribution in [0.3, 0.4) is 0 Å². The van der Waals surface area contributed by atoms with Crippen molar-refractivity contribution in [1.82, 2.24) is 10.2 Å². The van der Waals surface area contributed by atoms with Crippen LogP contribution in [0.15, 0.2) is 24.3 Å². The lowest BCUT2D eigenvalue weighted by molar-refractivity contribution is -0.136. The second-order valence-electron chi connectivity index (χ2n) is 5.36. The van der Waals surface area contributed by atoms with Crippen LogP contribution in [0, 0.1) is 0 Å². The van der Waals surface area contributed by atoms with E-state index in [1.54, 1.807) is 0 Å². The number of rotatable bonds is 5. The largest absolute Gasteiger partial charge is 0.483 e. The molecule has 0 saturated carbocycles. The van der Waals surface area contributed by atoms with Gasteiger partial charge in [0.05, 0.1) is 0 Å². The number of benzene rings is 1. The van der Waals surface area contributed by atoms with Crippen molar-refractivity contribution in [2.45, 2.75) is 38.8 Å². The van der Waals surface area contributed by atoms with Crippen LogP contribution >= 0.6 is 0 Å². The zero-order valence-corrected chi connectivity index (χ0v) is 12.4. The van der Waals surface area contributed by atoms with E-state index in [9.17, 15) is 4.79 Å². The lowest BCUT2D eigenvalue weighted by atomic mass is 10.0. The van der Waals surface area contributed by atoms with Crippen LogP contribution in [0.1, 0.15) is 31.7 Å². The Morgan fingerprint density at radius 1 is 1.40 bits per heavy atom. The van der Waals surface area contributed by atoms with Gasteiger partial charge in [0, 0.05) is 24.7 Å². The molecule has 4 heteroatoms. The van der Waals surface area contributed by atoms with Crippen molar-refractivity contribution in [1.29, 1.82) is 0 Å². The fourth-order valence-corrected chi connectivity index (χ4v) is 2.67. The van der Waals surface area contributed by atoms with Gasteiger partial charge in [-0.1, -0.05) is 18.2 Å². The normalized spacial score (nSPS) is 18.9. The summed E-state index contributed by atoms with van der Waals surface area (Å²) in [6.07, 6.45) is 3.42. The van der Waals surface area contributed by atoms with Gasteiger partial charge in [-0.15, -0.1) is 0 Å². The summed E-state index contributed by atoms with van der Waals surface area (Å²) in [7, 11) is 1.90. The van der Waals surface area contributed by atoms with Crippen molar-refractivity contribution < 1.29 is 9.53 Å². The summed E-state index contributed by atoms with van der Waals surface area (Å²) >= 11 is 0. The van der Waals surface area contributed by atoms with E-state index >= 15 is 0 Å². The van der Waals surface area contributed by atoms with Gasteiger partial charge in [0.15, 0.2) is 6.61 Å². The molecule has 0 radical (unpaired) electrons. The minimum absolute atomic E-state index is 0.0939. The highest BCUT2D eigenvalue weighted by molar-refractivity contribution is 5.78. The monoisotopic (exact) mass is 276 g/mol. The summed E-state index contributed by atoms with van der Waals surface area (Å²) in [4.78, 5) is 14.2. The summed E-state index contributed by atoms with van der Waals surface area (Å²) in [6, 6.07) is 8.18. The molecule has 0 aromatic heterocycles. The number of amides is 1. The standard InChI is InChI=1S/C16H24N2O2/c1-13-7-5-6-10-18(13)16(19)12-20-15-9-4-3-8-14(15)11-17-2/h3-4,8-9,13,17H,5-7,10-12H2,1-2H3. The first kappa shape index (κ1) is 14.9. The minimum atomic E-state index is 0.0939. The fraction of sp³-hybridized carbons (Fsp3) is 0.562. The number of carbonyl (C=O) groups is 1. The number of ether oxygens (including phenoxy) is 1. The van der Waals surface area contributed by atoms with Gasteiger partial charge in [0.2, 0.25) is 0 Å². The summed E-state index contributed by atoms with van der Waals surface area (Å²) in [6.45, 7) is 3.85. The van der Waals surface area contributed by atoms with Crippen molar-refractivity contribution in [2.24, 2.45) is 0 Å². The molecule has 1 N–H and O–H groups in total. The lowest BCUT2D eigenvalue weighted by Gasteiger charge is -2.33. The van der Waals surface area contributed by atoms with E-state index in [-0.39, 0.29) is 12.5 Å². The summed E-state index contributed by atoms with van der Waals surface area (Å²) in [5, 5.41) is 3.11. The fourth-order valence-electron chi connectivity index (χ4n) is 2.67. The van der Waals surface area contributed by atoms with Gasteiger partial charge in [-0.25, -0.2) is 0 Å². The molecule has 1 atom stereocenters. The Bertz CT molecular complexity index is 448. The minimum Gasteiger partial charge on any atom is -0.483 e. The van der Waals surface area contributed by atoms with Gasteiger partial charge in [0.1, 0.15) is 5.75 Å². The molecule has 1 fully saturated rings. The first-order valence-corrected chi connectivity index (χ1v) is 7.37. The summed E-state index contributed by atoms with van der Waals surface area (Å²) in [5.74, 6) is 0.885. The Morgan fingerprint density at radius 3 is 2.95 bits per heavy atom. The molecule has 2 rings (SSSR count). The smallest absolute Gasteiger partial charge is 0.260 e. The van der Waals surface area contributed by atoms with E-state index in [0.29, 0.717) is 6.04 Å². The van der Waals surface area contributed by atoms with Crippen LogP contribution in [0.25, 0.3) is 0 Å². The number of para-hydroxylation sites is 1. The quantitative estimate of drug-likeness (QED) is 0.896. The van der Waals surface area contributed by atoms with Crippen LogP contribution in [0.4, 0.5) is 0 Å². The van der Waals surface area contributed by atoms with E-state index in [4.69, 9.17) is 4.74 Å². The van der Waals surface area contributed by atoms with Crippen LogP contribution < -0.4 is 10.1 Å². The van der Waals surface area contributed by atoms with Gasteiger partial charge < -0.3 is 15.0 Å². The number of nitrogens with one attached hydrogen (secondary N) is 1. The average molecular weight is 276 g/mol. The number of nitrogens with zero attached hydrogens (tertiary/aromatic N) is 1. The molecule has 1 aliphatic heterocycles. The van der Waals surface area contributed by atoms with Crippen LogP contribution in [-0.4, -0.2) is 37.0 Å². The second-order valence-corrected chi connectivity index (χ2v) is 5.36. The number of hydrogen-bond donors (Lipinski definition) is 1. The second kappa shape index (κ2) is 7.29. The van der Waals surface area contributed by atoms with Crippen LogP contribution in [0.5, 0.6) is 5.75 Å². The first-order valence-electron chi connectivity index (χ1n) is 7.37. The zero-order valence-electron chi connectivity index (χ0n) is 12.4. The number of hydrogen-bond acceptors (Lipinski definition) is 3. The van der Waals surface area contributed by atoms with E-state index < -0.39 is 0 Å². The molecule has 1 aromatic rings. The molecule has 0 spiro atoms. The molecule has 1 aliphatic rings. The third kappa shape index (κ3) is 3.73. The molecule has 1 unspecified atom stereocenters. The molecular formula is C16H24N2O2. The predicted molar refractivity (Wildman–Crippen MR) is 79.7 cm³/mol. The molecule has 1 saturated heterocycles. The highest BCUT2D eigenvalue weighted by atomic mass is 16.5. The van der Waals surface area contributed by atoms with Crippen LogP contribution in [-0.2, 0) is 11.3 Å². The van der Waals surface area contributed by atoms with E-state index in [2.05, 4.69) is 12.2 Å². The topological polar surface area (TPSA) is 41.6 Å². The molecule has 4 nitrogen and oxygen atoms in total. The number of carbonyl (C=O) groups excluding carboxylic acids is 1. The maximum absolute atomic E-state index is 12.2. The summed E-state index contributed by atoms with van der Waals surface area (Å²) in [5.41, 5.74) is 1.08. The van der Waals surface area contributed by atoms with E-state index in [1.807, 2.05) is 36.2 Å². The van der Waals surface area contributed by atoms with Gasteiger partial charge in [-0.05, 0) is 39.3 Å². The van der Waals surface area contributed by atoms with E-state index in [0.717, 1.165) is 37.2 Å². The average Bonchev–Trinajstić information content (AvgIpc) is 2.47. The Kier molecular flexibility index (Phi) is 5.41. The Balaban J connectivity index is 1.92. The van der Waals surface area contributed by atoms with E-state index in [1.165, 1.54) is 6.42 Å². The molecule has 110 valence electrons. The van der Waals surface area contributed by atoms with Gasteiger partial charge in [-0.2, -0.15) is 0 Å². The van der Waals surface area contributed by atoms with Crippen molar-refractivity contribution in [3.05, 3.63) is 29.8 Å². The summed E-state index contributed by atoms with van der Waals surface area (Å²) < 4.78 is 5.72. The Morgan fingerprint density at radius 2 is 2.20 bits per heavy atom. The van der Waals surface area contributed by atoms with Crippen molar-refractivity contribution in [3.8, 4) is 5.75 Å². The Hall–Kier alpha value is -1.55. The van der Waals surface area contributed by atoms with Crippen molar-refractivity contribution in [3.63, 3.8) is 0 Å². The lowest BCUT2D eigenvalue weighted by Crippen LogP contribution is -2.44. The first-order chi connectivity index (χ1) is 9.72. The number of likely N-dealkylation sites (tertiary alicyclic amines) is 1. The molecule has 20 heavy (non-hydrogen) atoms. The Labute approximate surface area is 121 Å². The SMILES string of the molecule is CNCc1ccccc1OCC(=O)N1CCCCC1C. The third-order valence-corrected chi connectivity index (χ3v) is 3.81. The van der Waals surface area contributed by atoms with Crippen molar-refractivity contribution in [2.75, 3.05) is 20.2 Å². The number of piperidine rings is 1. The van der Waals surface area contributed by atoms with Gasteiger partial charge in [0.25, 0.3) is 5.91 Å². The molecule has 0 bridgehead atoms. The highest BCUT2D eigenvalue weighted by Crippen LogP contribution is 2.19. The molecule has 1 aromatic carbocycles. The maximum Gasteiger partial charge on any atom is 0.260 e. The third-order valence-electron chi connectivity index (χ3n) is 3.81. The van der Waals surface area contributed by atoms with Gasteiger partial charge >= 0.3 is 0 Å². The molecule has 1 amide bonds. The highest BCUT2D eigenvalue weighted by Gasteiger charge is 2.23. The van der Waals surface area contributed by atoms with Crippen LogP contribution in [0.2, 0.25) is 0 Å². The zero-order chi connectivity index (χ0) is 14.4. The maximum atomic E-state index is 12.2. The molecule has 0 aliphatic carbocycles. The predicted octanol–water partition coefficient (Wildman–Crippen LogP) is 2.19. The molecular weight excluding hydrogens is 252 g/mol. The van der Waals surface area contributed by atoms with Gasteiger partial charge in [-0.3, -0.25) is 4.79 Å². The molecule has 1 heterocycles. The van der Waals surface area contributed by atoms with Crippen molar-refractivity contribution >= 4 is 5.91 Å².